The van der Waals surface area contributed by atoms with Crippen LogP contribution in [-0.2, 0) is 30.8 Å². The van der Waals surface area contributed by atoms with E-state index in [1.807, 2.05) is 6.92 Å². The summed E-state index contributed by atoms with van der Waals surface area (Å²) in [5.41, 5.74) is 0.900. The molecule has 2 rings (SSSR count). The van der Waals surface area contributed by atoms with Gasteiger partial charge in [-0.1, -0.05) is 19.1 Å². The number of benzene rings is 1. The highest BCUT2D eigenvalue weighted by Crippen LogP contribution is 2.29. The van der Waals surface area contributed by atoms with Gasteiger partial charge in [-0.25, -0.2) is 17.9 Å². The molecule has 6 N–H and O–H groups in total. The number of rotatable bonds is 8. The van der Waals surface area contributed by atoms with Crippen molar-refractivity contribution in [2.45, 2.75) is 62.2 Å². The summed E-state index contributed by atoms with van der Waals surface area (Å²) >= 11 is 0. The van der Waals surface area contributed by atoms with E-state index in [0.29, 0.717) is 6.42 Å². The molecule has 1 aliphatic rings. The van der Waals surface area contributed by atoms with Crippen LogP contribution in [0.3, 0.4) is 0 Å². The second kappa shape index (κ2) is 9.32. The summed E-state index contributed by atoms with van der Waals surface area (Å²) in [6.07, 6.45) is -2.15. The minimum atomic E-state index is -4.21. The number of aliphatic carboxylic acids is 1. The van der Waals surface area contributed by atoms with Crippen LogP contribution in [0.1, 0.15) is 26.3 Å². The lowest BCUT2D eigenvalue weighted by atomic mass is 9.90. The molecule has 1 amide bonds. The molecule has 1 heterocycles. The number of carboxylic acid groups (broad SMARTS) is 1. The first-order valence-electron chi connectivity index (χ1n) is 9.42. The predicted octanol–water partition coefficient (Wildman–Crippen LogP) is -1.17. The number of sulfonamides is 1. The van der Waals surface area contributed by atoms with Gasteiger partial charge in [-0.3, -0.25) is 4.79 Å². The lowest BCUT2D eigenvalue weighted by molar-refractivity contribution is -0.281. The molecule has 172 valence electrons. The Morgan fingerprint density at radius 1 is 1.23 bits per heavy atom. The van der Waals surface area contributed by atoms with Gasteiger partial charge in [0.1, 0.15) is 6.10 Å². The highest BCUT2D eigenvalue weighted by molar-refractivity contribution is 7.89. The van der Waals surface area contributed by atoms with Crippen molar-refractivity contribution in [3.8, 4) is 0 Å². The number of aryl methyl sites for hydroxylation is 1. The maximum atomic E-state index is 12.9. The van der Waals surface area contributed by atoms with Gasteiger partial charge in [0.05, 0.1) is 17.0 Å². The highest BCUT2D eigenvalue weighted by atomic mass is 32.2. The fraction of sp³-hybridized carbons (Fsp3) is 0.474. The Hall–Kier alpha value is -2.51. The van der Waals surface area contributed by atoms with Crippen molar-refractivity contribution in [3.05, 3.63) is 41.7 Å². The van der Waals surface area contributed by atoms with Gasteiger partial charge in [0.25, 0.3) is 0 Å². The van der Waals surface area contributed by atoms with Gasteiger partial charge in [-0.05, 0) is 37.1 Å². The molecule has 0 unspecified atom stereocenters. The smallest absolute Gasteiger partial charge is 0.370 e. The standard InChI is InChI=1S/C19H26N2O9S/c1-4-12-5-7-13(8-6-12)31(28,29)21-14-9-15(18(24)25)30-17(16(14)20-11(3)23)19(26,27)10(2)22/h5-10,14,16-17,21-22,26-27H,4H2,1-3H3,(H,20,23)(H,24,25)/t10-,14+,16-,17-/m1/s1. The van der Waals surface area contributed by atoms with E-state index in [0.717, 1.165) is 25.5 Å². The Bertz CT molecular complexity index is 955. The van der Waals surface area contributed by atoms with Gasteiger partial charge >= 0.3 is 5.97 Å². The molecule has 0 aromatic heterocycles. The zero-order valence-corrected chi connectivity index (χ0v) is 18.0. The number of carbonyl (C=O) groups excluding carboxylic acids is 1. The number of carbonyl (C=O) groups is 2. The minimum Gasteiger partial charge on any atom is -0.475 e. The minimum absolute atomic E-state index is 0.116. The van der Waals surface area contributed by atoms with Crippen molar-refractivity contribution in [2.75, 3.05) is 0 Å². The molecule has 0 bridgehead atoms. The van der Waals surface area contributed by atoms with Gasteiger partial charge in [0.2, 0.25) is 27.5 Å². The summed E-state index contributed by atoms with van der Waals surface area (Å²) in [6.45, 7) is 4.01. The average Bonchev–Trinajstić information content (AvgIpc) is 2.68. The molecule has 1 aliphatic heterocycles. The quantitative estimate of drug-likeness (QED) is 0.261. The average molecular weight is 458 g/mol. The number of ether oxygens (including phenoxy) is 1. The normalized spacial score (nSPS) is 22.8. The van der Waals surface area contributed by atoms with Crippen LogP contribution in [0.5, 0.6) is 0 Å². The lowest BCUT2D eigenvalue weighted by Gasteiger charge is -2.43. The van der Waals surface area contributed by atoms with E-state index < -0.39 is 57.7 Å². The molecule has 1 aromatic rings. The Kier molecular flexibility index (Phi) is 7.44. The van der Waals surface area contributed by atoms with Crippen LogP contribution in [0, 0.1) is 0 Å². The number of aliphatic hydroxyl groups is 3. The summed E-state index contributed by atoms with van der Waals surface area (Å²) in [4.78, 5) is 23.1. The van der Waals surface area contributed by atoms with E-state index in [1.165, 1.54) is 12.1 Å². The van der Waals surface area contributed by atoms with Gasteiger partial charge in [0, 0.05) is 6.92 Å². The summed E-state index contributed by atoms with van der Waals surface area (Å²) in [5, 5.41) is 42.1. The van der Waals surface area contributed by atoms with Crippen molar-refractivity contribution in [2.24, 2.45) is 0 Å². The fourth-order valence-electron chi connectivity index (χ4n) is 3.07. The van der Waals surface area contributed by atoms with Gasteiger partial charge in [0.15, 0.2) is 6.10 Å². The SMILES string of the molecule is CCc1ccc(S(=O)(=O)N[C@H]2C=C(C(=O)O)O[C@@H](C(O)(O)[C@@H](C)O)[C@@H]2NC(C)=O)cc1. The number of carboxylic acids is 1. The van der Waals surface area contributed by atoms with Crippen LogP contribution in [0.4, 0.5) is 0 Å². The molecule has 12 heteroatoms. The highest BCUT2D eigenvalue weighted by Gasteiger charge is 2.52. The summed E-state index contributed by atoms with van der Waals surface area (Å²) in [5.74, 6) is -6.09. The predicted molar refractivity (Wildman–Crippen MR) is 107 cm³/mol. The van der Waals surface area contributed by atoms with E-state index >= 15 is 0 Å². The molecule has 31 heavy (non-hydrogen) atoms. The van der Waals surface area contributed by atoms with Crippen molar-refractivity contribution < 1.29 is 43.2 Å². The van der Waals surface area contributed by atoms with Gasteiger partial charge in [-0.2, -0.15) is 0 Å². The van der Waals surface area contributed by atoms with E-state index in [2.05, 4.69) is 10.0 Å². The van der Waals surface area contributed by atoms with Gasteiger partial charge in [-0.15, -0.1) is 0 Å². The molecular weight excluding hydrogens is 432 g/mol. The van der Waals surface area contributed by atoms with Crippen LogP contribution in [0.15, 0.2) is 41.0 Å². The first-order chi connectivity index (χ1) is 14.3. The number of hydrogen-bond acceptors (Lipinski definition) is 8. The van der Waals surface area contributed by atoms with Gasteiger partial charge < -0.3 is 30.5 Å². The van der Waals surface area contributed by atoms with Crippen LogP contribution < -0.4 is 10.0 Å². The maximum absolute atomic E-state index is 12.9. The van der Waals surface area contributed by atoms with Crippen LogP contribution >= 0.6 is 0 Å². The number of amides is 1. The third kappa shape index (κ3) is 5.60. The van der Waals surface area contributed by atoms with Crippen LogP contribution in [0.2, 0.25) is 0 Å². The Labute approximate surface area is 179 Å². The zero-order valence-electron chi connectivity index (χ0n) is 17.1. The lowest BCUT2D eigenvalue weighted by Crippen LogP contribution is -2.67. The van der Waals surface area contributed by atoms with Crippen LogP contribution in [0.25, 0.3) is 0 Å². The molecule has 11 nitrogen and oxygen atoms in total. The number of hydrogen-bond donors (Lipinski definition) is 6. The monoisotopic (exact) mass is 458 g/mol. The molecule has 0 saturated carbocycles. The third-order valence-corrected chi connectivity index (χ3v) is 6.32. The third-order valence-electron chi connectivity index (χ3n) is 4.85. The largest absolute Gasteiger partial charge is 0.475 e. The van der Waals surface area contributed by atoms with E-state index in [1.54, 1.807) is 12.1 Å². The first-order valence-corrected chi connectivity index (χ1v) is 10.9. The molecule has 0 spiro atoms. The topological polar surface area (TPSA) is 182 Å². The van der Waals surface area contributed by atoms with E-state index in [4.69, 9.17) is 4.74 Å². The van der Waals surface area contributed by atoms with Crippen LogP contribution in [-0.4, -0.2) is 70.8 Å². The molecular formula is C19H26N2O9S. The molecule has 0 aliphatic carbocycles. The Morgan fingerprint density at radius 2 is 1.81 bits per heavy atom. The number of aliphatic hydroxyl groups excluding tert-OH is 1. The Morgan fingerprint density at radius 3 is 2.26 bits per heavy atom. The summed E-state index contributed by atoms with van der Waals surface area (Å²) in [6, 6.07) is 3.06. The second-order valence-corrected chi connectivity index (χ2v) is 8.92. The first kappa shape index (κ1) is 24.8. The molecule has 4 atom stereocenters. The zero-order chi connectivity index (χ0) is 23.6. The van der Waals surface area contributed by atoms with E-state index in [9.17, 15) is 38.4 Å². The molecule has 0 radical (unpaired) electrons. The van der Waals surface area contributed by atoms with Crippen molar-refractivity contribution in [1.82, 2.24) is 10.0 Å². The van der Waals surface area contributed by atoms with Crippen molar-refractivity contribution >= 4 is 21.9 Å². The van der Waals surface area contributed by atoms with Crippen molar-refractivity contribution in [1.29, 1.82) is 0 Å². The summed E-state index contributed by atoms with van der Waals surface area (Å²) in [7, 11) is -4.21. The number of nitrogens with one attached hydrogen (secondary N) is 2. The molecule has 0 fully saturated rings. The summed E-state index contributed by atoms with van der Waals surface area (Å²) < 4.78 is 33.1. The van der Waals surface area contributed by atoms with Crippen molar-refractivity contribution in [3.63, 3.8) is 0 Å². The Balaban J connectivity index is 2.51. The second-order valence-electron chi connectivity index (χ2n) is 7.20. The fourth-order valence-corrected chi connectivity index (χ4v) is 4.28. The molecule has 0 saturated heterocycles. The molecule has 1 aromatic carbocycles. The maximum Gasteiger partial charge on any atom is 0.370 e. The van der Waals surface area contributed by atoms with E-state index in [-0.39, 0.29) is 4.90 Å².